The van der Waals surface area contributed by atoms with E-state index < -0.39 is 15.9 Å². The first-order valence-electron chi connectivity index (χ1n) is 9.02. The fourth-order valence-corrected chi connectivity index (χ4v) is 5.13. The first-order chi connectivity index (χ1) is 13.3. The average molecular weight is 408 g/mol. The maximum Gasteiger partial charge on any atom is 0.248 e. The average Bonchev–Trinajstić information content (AvgIpc) is 3.05. The Kier molecular flexibility index (Phi) is 5.99. The van der Waals surface area contributed by atoms with Crippen molar-refractivity contribution in [1.29, 1.82) is 0 Å². The number of piperidine rings is 1. The van der Waals surface area contributed by atoms with E-state index in [9.17, 15) is 13.2 Å². The first kappa shape index (κ1) is 20.3. The number of rotatable bonds is 6. The normalized spacial score (nSPS) is 18.0. The third-order valence-electron chi connectivity index (χ3n) is 4.79. The highest BCUT2D eigenvalue weighted by Crippen LogP contribution is 2.27. The van der Waals surface area contributed by atoms with E-state index in [4.69, 9.17) is 9.26 Å². The molecule has 9 nitrogen and oxygen atoms in total. The summed E-state index contributed by atoms with van der Waals surface area (Å²) in [7, 11) is -2.21. The summed E-state index contributed by atoms with van der Waals surface area (Å²) in [4.78, 5) is 16.8. The van der Waals surface area contributed by atoms with Gasteiger partial charge < -0.3 is 14.6 Å². The molecule has 0 spiro atoms. The Morgan fingerprint density at radius 2 is 2.18 bits per heavy atom. The Bertz CT molecular complexity index is 920. The highest BCUT2D eigenvalue weighted by atomic mass is 32.2. The minimum absolute atomic E-state index is 0.0952. The largest absolute Gasteiger partial charge is 0.481 e. The zero-order valence-corrected chi connectivity index (χ0v) is 17.0. The van der Waals surface area contributed by atoms with Gasteiger partial charge in [-0.15, -0.1) is 0 Å². The Balaban J connectivity index is 1.64. The van der Waals surface area contributed by atoms with Crippen molar-refractivity contribution in [3.8, 4) is 5.88 Å². The lowest BCUT2D eigenvalue weighted by Crippen LogP contribution is -2.45. The number of aromatic nitrogens is 2. The Hall–Kier alpha value is -2.46. The summed E-state index contributed by atoms with van der Waals surface area (Å²) >= 11 is 0. The minimum atomic E-state index is -3.75. The molecule has 1 fully saturated rings. The quantitative estimate of drug-likeness (QED) is 0.768. The number of nitrogens with zero attached hydrogens (tertiary/aromatic N) is 3. The maximum absolute atomic E-state index is 13.0. The number of hydrogen-bond acceptors (Lipinski definition) is 7. The zero-order chi connectivity index (χ0) is 20.3. The molecule has 0 bridgehead atoms. The number of carbonyl (C=O) groups excluding carboxylic acids is 1. The van der Waals surface area contributed by atoms with Crippen LogP contribution in [0.4, 0.5) is 0 Å². The molecule has 0 radical (unpaired) electrons. The Morgan fingerprint density at radius 3 is 2.79 bits per heavy atom. The molecule has 1 amide bonds. The van der Waals surface area contributed by atoms with Gasteiger partial charge in [-0.2, -0.15) is 4.31 Å². The molecule has 1 N–H and O–H groups in total. The van der Waals surface area contributed by atoms with Crippen LogP contribution in [0.25, 0.3) is 0 Å². The van der Waals surface area contributed by atoms with Crippen LogP contribution in [0.5, 0.6) is 5.88 Å². The SMILES string of the molecule is COc1ccc(CNC(=O)[C@H]2CCCN(S(=O)(=O)c3c(C)noc3C)C2)cn1. The van der Waals surface area contributed by atoms with Crippen LogP contribution in [0, 0.1) is 19.8 Å². The van der Waals surface area contributed by atoms with Gasteiger partial charge in [-0.1, -0.05) is 11.2 Å². The van der Waals surface area contributed by atoms with Gasteiger partial charge in [0.25, 0.3) is 0 Å². The molecule has 0 aliphatic carbocycles. The molecule has 0 aromatic carbocycles. The van der Waals surface area contributed by atoms with Gasteiger partial charge >= 0.3 is 0 Å². The van der Waals surface area contributed by atoms with Crippen molar-refractivity contribution in [2.75, 3.05) is 20.2 Å². The summed E-state index contributed by atoms with van der Waals surface area (Å²) in [6, 6.07) is 3.54. The number of sulfonamides is 1. The van der Waals surface area contributed by atoms with Gasteiger partial charge in [-0.05, 0) is 32.3 Å². The minimum Gasteiger partial charge on any atom is -0.481 e. The smallest absolute Gasteiger partial charge is 0.248 e. The maximum atomic E-state index is 13.0. The van der Waals surface area contributed by atoms with E-state index in [1.165, 1.54) is 11.4 Å². The van der Waals surface area contributed by atoms with Crippen LogP contribution >= 0.6 is 0 Å². The predicted octanol–water partition coefficient (Wildman–Crippen LogP) is 1.41. The number of carbonyl (C=O) groups is 1. The third-order valence-corrected chi connectivity index (χ3v) is 6.90. The number of hydrogen-bond donors (Lipinski definition) is 1. The molecule has 1 aliphatic heterocycles. The van der Waals surface area contributed by atoms with Crippen molar-refractivity contribution in [3.05, 3.63) is 35.3 Å². The van der Waals surface area contributed by atoms with Crippen LogP contribution in [-0.2, 0) is 21.4 Å². The van der Waals surface area contributed by atoms with Gasteiger partial charge in [0.05, 0.1) is 13.0 Å². The molecule has 3 rings (SSSR count). The highest BCUT2D eigenvalue weighted by molar-refractivity contribution is 7.89. The van der Waals surface area contributed by atoms with Gasteiger partial charge in [-0.3, -0.25) is 4.79 Å². The third kappa shape index (κ3) is 4.17. The molecule has 1 aliphatic rings. The molecule has 1 saturated heterocycles. The molecule has 1 atom stereocenters. The molecule has 28 heavy (non-hydrogen) atoms. The summed E-state index contributed by atoms with van der Waals surface area (Å²) in [6.07, 6.45) is 2.89. The van der Waals surface area contributed by atoms with Crippen molar-refractivity contribution in [2.45, 2.75) is 38.1 Å². The summed E-state index contributed by atoms with van der Waals surface area (Å²) in [6.45, 7) is 4.00. The van der Waals surface area contributed by atoms with Gasteiger partial charge in [0.15, 0.2) is 5.76 Å². The van der Waals surface area contributed by atoms with Crippen LogP contribution in [0.1, 0.15) is 29.9 Å². The van der Waals surface area contributed by atoms with Crippen LogP contribution < -0.4 is 10.1 Å². The number of ether oxygens (including phenoxy) is 1. The van der Waals surface area contributed by atoms with E-state index in [1.54, 1.807) is 26.1 Å². The van der Waals surface area contributed by atoms with Gasteiger partial charge in [-0.25, -0.2) is 13.4 Å². The molecule has 0 unspecified atom stereocenters. The molecule has 2 aromatic heterocycles. The number of methoxy groups -OCH3 is 1. The number of pyridine rings is 1. The molecule has 2 aromatic rings. The fraction of sp³-hybridized carbons (Fsp3) is 0.500. The lowest BCUT2D eigenvalue weighted by Gasteiger charge is -2.31. The summed E-state index contributed by atoms with van der Waals surface area (Å²) in [5, 5.41) is 6.60. The number of amides is 1. The molecular weight excluding hydrogens is 384 g/mol. The second kappa shape index (κ2) is 8.27. The van der Waals surface area contributed by atoms with E-state index in [0.29, 0.717) is 37.5 Å². The van der Waals surface area contributed by atoms with E-state index in [-0.39, 0.29) is 23.1 Å². The van der Waals surface area contributed by atoms with E-state index in [1.807, 2.05) is 6.07 Å². The second-order valence-electron chi connectivity index (χ2n) is 6.78. The lowest BCUT2D eigenvalue weighted by atomic mass is 9.99. The summed E-state index contributed by atoms with van der Waals surface area (Å²) in [5.74, 6) is 0.184. The number of nitrogens with one attached hydrogen (secondary N) is 1. The zero-order valence-electron chi connectivity index (χ0n) is 16.1. The molecular formula is C18H24N4O5S. The van der Waals surface area contributed by atoms with Crippen molar-refractivity contribution >= 4 is 15.9 Å². The van der Waals surface area contributed by atoms with Gasteiger partial charge in [0, 0.05) is 31.9 Å². The Morgan fingerprint density at radius 1 is 1.39 bits per heavy atom. The van der Waals surface area contributed by atoms with E-state index in [2.05, 4.69) is 15.5 Å². The molecule has 10 heteroatoms. The molecule has 152 valence electrons. The fourth-order valence-electron chi connectivity index (χ4n) is 3.32. The van der Waals surface area contributed by atoms with Crippen LogP contribution in [0.15, 0.2) is 27.7 Å². The van der Waals surface area contributed by atoms with Crippen molar-refractivity contribution in [1.82, 2.24) is 19.8 Å². The van der Waals surface area contributed by atoms with Gasteiger partial charge in [0.2, 0.25) is 21.8 Å². The van der Waals surface area contributed by atoms with Crippen molar-refractivity contribution in [3.63, 3.8) is 0 Å². The monoisotopic (exact) mass is 408 g/mol. The number of aryl methyl sites for hydroxylation is 2. The standard InChI is InChI=1S/C18H24N4O5S/c1-12-17(13(2)27-21-12)28(24,25)22-8-4-5-15(11-22)18(23)20-10-14-6-7-16(26-3)19-9-14/h6-7,9,15H,4-5,8,10-11H2,1-3H3,(H,20,23)/t15-/m0/s1. The van der Waals surface area contributed by atoms with E-state index in [0.717, 1.165) is 5.56 Å². The predicted molar refractivity (Wildman–Crippen MR) is 100 cm³/mol. The summed E-state index contributed by atoms with van der Waals surface area (Å²) in [5.41, 5.74) is 1.17. The first-order valence-corrected chi connectivity index (χ1v) is 10.5. The molecule has 3 heterocycles. The Labute approximate surface area is 164 Å². The molecule has 0 saturated carbocycles. The highest BCUT2D eigenvalue weighted by Gasteiger charge is 2.36. The van der Waals surface area contributed by atoms with E-state index >= 15 is 0 Å². The van der Waals surface area contributed by atoms with Crippen LogP contribution in [0.2, 0.25) is 0 Å². The second-order valence-corrected chi connectivity index (χ2v) is 8.66. The van der Waals surface area contributed by atoms with Crippen molar-refractivity contribution < 1.29 is 22.5 Å². The topological polar surface area (TPSA) is 115 Å². The van der Waals surface area contributed by atoms with Crippen LogP contribution in [0.3, 0.4) is 0 Å². The van der Waals surface area contributed by atoms with Gasteiger partial charge in [0.1, 0.15) is 10.6 Å². The van der Waals surface area contributed by atoms with Crippen molar-refractivity contribution in [2.24, 2.45) is 5.92 Å². The lowest BCUT2D eigenvalue weighted by molar-refractivity contribution is -0.126. The summed E-state index contributed by atoms with van der Waals surface area (Å²) < 4.78 is 37.3. The van der Waals surface area contributed by atoms with Crippen LogP contribution in [-0.4, -0.2) is 49.0 Å².